The number of methoxy groups -OCH3 is 1. The molecule has 0 aliphatic heterocycles. The van der Waals surface area contributed by atoms with Gasteiger partial charge in [0.05, 0.1) is 23.3 Å². The van der Waals surface area contributed by atoms with Crippen LogP contribution < -0.4 is 14.8 Å². The number of ether oxygens (including phenoxy) is 2. The van der Waals surface area contributed by atoms with Crippen molar-refractivity contribution in [2.75, 3.05) is 26.8 Å². The fourth-order valence-electron chi connectivity index (χ4n) is 4.35. The van der Waals surface area contributed by atoms with Crippen LogP contribution in [0.25, 0.3) is 0 Å². The largest absolute Gasteiger partial charge is 0.496 e. The van der Waals surface area contributed by atoms with Crippen molar-refractivity contribution in [2.24, 2.45) is 0 Å². The van der Waals surface area contributed by atoms with Crippen molar-refractivity contribution in [3.63, 3.8) is 0 Å². The van der Waals surface area contributed by atoms with Gasteiger partial charge in [0.25, 0.3) is 5.91 Å². The van der Waals surface area contributed by atoms with Crippen LogP contribution in [0.2, 0.25) is 0 Å². The number of rotatable bonds is 12. The lowest BCUT2D eigenvalue weighted by molar-refractivity contribution is -0.149. The van der Waals surface area contributed by atoms with Gasteiger partial charge in [0.1, 0.15) is 23.7 Å². The van der Waals surface area contributed by atoms with Gasteiger partial charge in [0.2, 0.25) is 11.7 Å². The number of nitrogens with zero attached hydrogens (tertiary/aromatic N) is 1. The number of hydrogen-bond donors (Lipinski definition) is 3. The number of halogens is 1. The van der Waals surface area contributed by atoms with Crippen molar-refractivity contribution in [1.82, 2.24) is 10.2 Å². The van der Waals surface area contributed by atoms with E-state index in [0.29, 0.717) is 23.5 Å². The second kappa shape index (κ2) is 14.3. The van der Waals surface area contributed by atoms with Crippen LogP contribution in [0, 0.1) is 3.57 Å². The van der Waals surface area contributed by atoms with Crippen LogP contribution in [0.1, 0.15) is 25.3 Å². The zero-order valence-corrected chi connectivity index (χ0v) is 23.6. The van der Waals surface area contributed by atoms with E-state index in [0.717, 1.165) is 9.13 Å². The monoisotopic (exact) mass is 636 g/mol. The maximum atomic E-state index is 13.3. The minimum Gasteiger partial charge on any atom is -0.496 e. The Kier molecular flexibility index (Phi) is 11.1. The van der Waals surface area contributed by atoms with Gasteiger partial charge in [-0.3, -0.25) is 14.4 Å². The maximum Gasteiger partial charge on any atom is 0.290 e. The zero-order chi connectivity index (χ0) is 27.7. The first kappa shape index (κ1) is 29.6. The molecular weight excluding hydrogens is 603 g/mol. The number of nitrogens with one attached hydrogen (secondary N) is 1. The third kappa shape index (κ3) is 7.33. The van der Waals surface area contributed by atoms with Gasteiger partial charge in [0.15, 0.2) is 0 Å². The van der Waals surface area contributed by atoms with E-state index >= 15 is 0 Å². The standard InChI is InChI=1S/C28H33IN2O7/c1-3-22(33)28(36)31(14-12-18-8-4-6-10-23(18)37-2)21-16-19(27(35)30-13-15-32)17-25(26(21)34)38-24-11-7-5-9-20(24)29/h4-11,17,21,25-26,32,34H,3,12-16H2,1-2H3,(H,30,35)/t21-,25+,26+/m1/s1. The molecule has 9 nitrogen and oxygen atoms in total. The molecule has 0 fully saturated rings. The van der Waals surface area contributed by atoms with E-state index in [9.17, 15) is 19.5 Å². The Balaban J connectivity index is 1.97. The summed E-state index contributed by atoms with van der Waals surface area (Å²) in [6.07, 6.45) is -0.243. The number of Topliss-reactive ketones (excluding diaryl/α,β-unsaturated/α-hetero) is 1. The molecule has 38 heavy (non-hydrogen) atoms. The fraction of sp³-hybridized carbons (Fsp3) is 0.393. The average Bonchev–Trinajstić information content (AvgIpc) is 2.94. The quantitative estimate of drug-likeness (QED) is 0.241. The Labute approximate surface area is 236 Å². The summed E-state index contributed by atoms with van der Waals surface area (Å²) in [5, 5.41) is 23.2. The van der Waals surface area contributed by atoms with Crippen molar-refractivity contribution >= 4 is 40.2 Å². The summed E-state index contributed by atoms with van der Waals surface area (Å²) >= 11 is 2.11. The molecule has 0 spiro atoms. The highest BCUT2D eigenvalue weighted by Crippen LogP contribution is 2.30. The predicted molar refractivity (Wildman–Crippen MR) is 150 cm³/mol. The lowest BCUT2D eigenvalue weighted by Gasteiger charge is -2.40. The lowest BCUT2D eigenvalue weighted by atomic mass is 9.87. The van der Waals surface area contributed by atoms with Gasteiger partial charge in [0, 0.05) is 31.5 Å². The third-order valence-electron chi connectivity index (χ3n) is 6.35. The van der Waals surface area contributed by atoms with Crippen molar-refractivity contribution in [2.45, 2.75) is 44.4 Å². The summed E-state index contributed by atoms with van der Waals surface area (Å²) in [7, 11) is 1.56. The van der Waals surface area contributed by atoms with Crippen LogP contribution in [-0.2, 0) is 20.8 Å². The summed E-state index contributed by atoms with van der Waals surface area (Å²) in [4.78, 5) is 40.1. The Hall–Kier alpha value is -2.96. The maximum absolute atomic E-state index is 13.3. The molecule has 10 heteroatoms. The van der Waals surface area contributed by atoms with E-state index in [1.165, 1.54) is 4.90 Å². The van der Waals surface area contributed by atoms with Gasteiger partial charge < -0.3 is 29.9 Å². The number of benzene rings is 2. The molecule has 0 unspecified atom stereocenters. The number of carbonyl (C=O) groups excluding carboxylic acids is 3. The van der Waals surface area contributed by atoms with E-state index in [1.54, 1.807) is 32.2 Å². The third-order valence-corrected chi connectivity index (χ3v) is 7.24. The topological polar surface area (TPSA) is 125 Å². The van der Waals surface area contributed by atoms with Crippen LogP contribution in [0.3, 0.4) is 0 Å². The van der Waals surface area contributed by atoms with Crippen LogP contribution in [-0.4, -0.2) is 77.8 Å². The van der Waals surface area contributed by atoms with Crippen LogP contribution in [0.4, 0.5) is 0 Å². The smallest absolute Gasteiger partial charge is 0.290 e. The molecule has 1 aliphatic carbocycles. The first-order valence-corrected chi connectivity index (χ1v) is 13.5. The van der Waals surface area contributed by atoms with Crippen molar-refractivity contribution in [3.8, 4) is 11.5 Å². The van der Waals surface area contributed by atoms with Crippen molar-refractivity contribution in [3.05, 3.63) is 69.3 Å². The predicted octanol–water partition coefficient (Wildman–Crippen LogP) is 2.27. The van der Waals surface area contributed by atoms with E-state index in [1.807, 2.05) is 36.4 Å². The normalized spacial score (nSPS) is 18.8. The summed E-state index contributed by atoms with van der Waals surface area (Å²) in [5.74, 6) is -0.591. The van der Waals surface area contributed by atoms with Crippen LogP contribution in [0.5, 0.6) is 11.5 Å². The molecule has 0 aromatic heterocycles. The van der Waals surface area contributed by atoms with Gasteiger partial charge in [-0.1, -0.05) is 37.3 Å². The minimum atomic E-state index is -1.22. The lowest BCUT2D eigenvalue weighted by Crippen LogP contribution is -2.56. The van der Waals surface area contributed by atoms with E-state index < -0.39 is 35.8 Å². The van der Waals surface area contributed by atoms with Crippen molar-refractivity contribution < 1.29 is 34.1 Å². The molecule has 3 N–H and O–H groups in total. The number of para-hydroxylation sites is 2. The Morgan fingerprint density at radius 3 is 2.45 bits per heavy atom. The summed E-state index contributed by atoms with van der Waals surface area (Å²) in [6, 6.07) is 13.7. The highest BCUT2D eigenvalue weighted by atomic mass is 127. The highest BCUT2D eigenvalue weighted by molar-refractivity contribution is 14.1. The molecule has 0 saturated carbocycles. The molecule has 1 aliphatic rings. The molecule has 0 saturated heterocycles. The molecule has 2 aromatic carbocycles. The number of carbonyl (C=O) groups is 3. The molecule has 204 valence electrons. The second-order valence-corrected chi connectivity index (χ2v) is 9.95. The van der Waals surface area contributed by atoms with Crippen LogP contribution >= 0.6 is 22.6 Å². The molecule has 0 heterocycles. The minimum absolute atomic E-state index is 0.00856. The molecule has 0 bridgehead atoms. The van der Waals surface area contributed by atoms with Gasteiger partial charge in [-0.15, -0.1) is 0 Å². The summed E-state index contributed by atoms with van der Waals surface area (Å²) < 4.78 is 12.4. The number of hydrogen-bond acceptors (Lipinski definition) is 7. The molecule has 2 aromatic rings. The van der Waals surface area contributed by atoms with E-state index in [2.05, 4.69) is 27.9 Å². The Morgan fingerprint density at radius 2 is 1.79 bits per heavy atom. The fourth-order valence-corrected chi connectivity index (χ4v) is 4.86. The first-order valence-electron chi connectivity index (χ1n) is 12.4. The zero-order valence-electron chi connectivity index (χ0n) is 21.4. The number of aliphatic hydroxyl groups excluding tert-OH is 2. The van der Waals surface area contributed by atoms with Crippen molar-refractivity contribution in [1.29, 1.82) is 0 Å². The number of ketones is 1. The van der Waals surface area contributed by atoms with Gasteiger partial charge in [-0.05, 0) is 58.9 Å². The number of aliphatic hydroxyl groups is 2. The second-order valence-electron chi connectivity index (χ2n) is 8.78. The summed E-state index contributed by atoms with van der Waals surface area (Å²) in [6.45, 7) is 1.54. The van der Waals surface area contributed by atoms with E-state index in [4.69, 9.17) is 14.6 Å². The Morgan fingerprint density at radius 1 is 1.11 bits per heavy atom. The molecule has 0 radical (unpaired) electrons. The molecule has 2 amide bonds. The number of amides is 2. The highest BCUT2D eigenvalue weighted by Gasteiger charge is 2.41. The van der Waals surface area contributed by atoms with Gasteiger partial charge in [-0.2, -0.15) is 0 Å². The molecular formula is C28H33IN2O7. The van der Waals surface area contributed by atoms with E-state index in [-0.39, 0.29) is 32.5 Å². The Bertz CT molecular complexity index is 1170. The van der Waals surface area contributed by atoms with Gasteiger partial charge >= 0.3 is 0 Å². The summed E-state index contributed by atoms with van der Waals surface area (Å²) in [5.41, 5.74) is 1.13. The molecule has 3 rings (SSSR count). The van der Waals surface area contributed by atoms with Crippen LogP contribution in [0.15, 0.2) is 60.2 Å². The average molecular weight is 636 g/mol. The van der Waals surface area contributed by atoms with Gasteiger partial charge in [-0.25, -0.2) is 0 Å². The first-order chi connectivity index (χ1) is 18.3. The molecule has 3 atom stereocenters. The SMILES string of the molecule is CCC(=O)C(=O)N(CCc1ccccc1OC)[C@@H]1CC(C(=O)NCCO)=C[C@H](Oc2ccccc2I)[C@H]1O.